The molecule has 27 heavy (non-hydrogen) atoms. The first-order valence-electron chi connectivity index (χ1n) is 9.95. The van der Waals surface area contributed by atoms with Gasteiger partial charge < -0.3 is 0 Å². The molecule has 0 aromatic carbocycles. The number of hydrogen-bond donors (Lipinski definition) is 0. The largest absolute Gasteiger partial charge is 0.289 e. The van der Waals surface area contributed by atoms with E-state index in [-0.39, 0.29) is 5.78 Å². The number of aromatic nitrogens is 1. The van der Waals surface area contributed by atoms with Gasteiger partial charge in [0.1, 0.15) is 5.71 Å². The van der Waals surface area contributed by atoms with E-state index in [0.717, 1.165) is 29.7 Å². The Balaban J connectivity index is 0.00000158. The highest BCUT2D eigenvalue weighted by atomic mass is 16.1. The van der Waals surface area contributed by atoms with Crippen LogP contribution in [0.5, 0.6) is 0 Å². The van der Waals surface area contributed by atoms with E-state index in [0.29, 0.717) is 6.54 Å². The lowest BCUT2D eigenvalue weighted by atomic mass is 9.99. The molecule has 3 nitrogen and oxygen atoms in total. The zero-order valence-electron chi connectivity index (χ0n) is 17.8. The summed E-state index contributed by atoms with van der Waals surface area (Å²) in [5.41, 5.74) is 2.47. The van der Waals surface area contributed by atoms with Gasteiger partial charge in [0.25, 0.3) is 0 Å². The Hall–Kier alpha value is -2.55. The normalized spacial score (nSPS) is 13.6. The number of aliphatic imine (C=N–C) groups is 1. The van der Waals surface area contributed by atoms with Gasteiger partial charge in [-0.2, -0.15) is 4.57 Å². The average molecular weight is 368 g/mol. The molecule has 0 bridgehead atoms. The lowest BCUT2D eigenvalue weighted by Gasteiger charge is -2.05. The van der Waals surface area contributed by atoms with Crippen molar-refractivity contribution in [3.63, 3.8) is 0 Å². The summed E-state index contributed by atoms with van der Waals surface area (Å²) in [7, 11) is 0. The van der Waals surface area contributed by atoms with Crippen LogP contribution in [0.2, 0.25) is 0 Å². The van der Waals surface area contributed by atoms with Crippen molar-refractivity contribution >= 4 is 11.5 Å². The van der Waals surface area contributed by atoms with Gasteiger partial charge in [-0.05, 0) is 32.8 Å². The molecular weight excluding hydrogens is 332 g/mol. The van der Waals surface area contributed by atoms with Gasteiger partial charge in [0, 0.05) is 29.5 Å². The third-order valence-electron chi connectivity index (χ3n) is 3.50. The fourth-order valence-corrected chi connectivity index (χ4v) is 2.35. The first-order chi connectivity index (χ1) is 13.2. The number of carbonyl (C=O) groups is 1. The van der Waals surface area contributed by atoms with Gasteiger partial charge in [-0.15, -0.1) is 0 Å². The molecule has 3 heteroatoms. The first kappa shape index (κ1) is 24.5. The topological polar surface area (TPSA) is 33.3 Å². The minimum Gasteiger partial charge on any atom is -0.289 e. The SMILES string of the molecule is CC.CC.C\C=C/N=C(\C=C/C)C[n+]1ccc(C(=O)C2=CCCC=C2)cc1. The van der Waals surface area contributed by atoms with Crippen LogP contribution in [-0.4, -0.2) is 11.5 Å². The molecule has 0 amide bonds. The molecule has 1 aliphatic carbocycles. The Kier molecular flexibility index (Phi) is 14.2. The van der Waals surface area contributed by atoms with Gasteiger partial charge >= 0.3 is 0 Å². The monoisotopic (exact) mass is 367 g/mol. The van der Waals surface area contributed by atoms with Crippen molar-refractivity contribution in [3.05, 3.63) is 78.3 Å². The molecule has 1 aromatic heterocycles. The fraction of sp³-hybridized carbons (Fsp3) is 0.375. The van der Waals surface area contributed by atoms with E-state index >= 15 is 0 Å². The van der Waals surface area contributed by atoms with Crippen LogP contribution >= 0.6 is 0 Å². The predicted octanol–water partition coefficient (Wildman–Crippen LogP) is 6.04. The molecule has 1 aromatic rings. The first-order valence-corrected chi connectivity index (χ1v) is 9.95. The molecule has 0 atom stereocenters. The summed E-state index contributed by atoms with van der Waals surface area (Å²) >= 11 is 0. The highest BCUT2D eigenvalue weighted by molar-refractivity contribution is 6.10. The molecule has 1 heterocycles. The van der Waals surface area contributed by atoms with Crippen molar-refractivity contribution in [2.24, 2.45) is 4.99 Å². The third-order valence-corrected chi connectivity index (χ3v) is 3.50. The number of pyridine rings is 1. The van der Waals surface area contributed by atoms with E-state index in [1.54, 1.807) is 6.20 Å². The molecule has 0 radical (unpaired) electrons. The molecule has 0 saturated carbocycles. The molecule has 0 unspecified atom stereocenters. The number of carbonyl (C=O) groups excluding carboxylic acids is 1. The standard InChI is InChI=1S/C20H23N2O.2C2H6/c1-3-8-19(21-13-4-2)16-22-14-11-18(12-15-22)20(23)17-9-6-5-7-10-17;2*1-2/h3-4,6,8-15H,5,7,16H2,1-2H3;2*1-2H3/q+1;;/b8-3-,13-4-,21-19+;;. The maximum absolute atomic E-state index is 12.4. The summed E-state index contributed by atoms with van der Waals surface area (Å²) in [6, 6.07) is 3.74. The zero-order chi connectivity index (χ0) is 20.5. The summed E-state index contributed by atoms with van der Waals surface area (Å²) in [5.74, 6) is 0.0874. The summed E-state index contributed by atoms with van der Waals surface area (Å²) in [4.78, 5) is 16.8. The predicted molar refractivity (Wildman–Crippen MR) is 117 cm³/mol. The lowest BCUT2D eigenvalue weighted by molar-refractivity contribution is -0.681. The highest BCUT2D eigenvalue weighted by Gasteiger charge is 2.13. The molecule has 0 spiro atoms. The summed E-state index contributed by atoms with van der Waals surface area (Å²) in [6.07, 6.45) is 19.5. The fourth-order valence-electron chi connectivity index (χ4n) is 2.35. The van der Waals surface area contributed by atoms with Crippen molar-refractivity contribution in [2.45, 2.75) is 60.9 Å². The van der Waals surface area contributed by atoms with Gasteiger partial charge in [0.05, 0.1) is 0 Å². The van der Waals surface area contributed by atoms with Crippen molar-refractivity contribution in [2.75, 3.05) is 0 Å². The van der Waals surface area contributed by atoms with Crippen LogP contribution in [0.3, 0.4) is 0 Å². The molecule has 0 N–H and O–H groups in total. The minimum atomic E-state index is 0.0874. The van der Waals surface area contributed by atoms with Gasteiger partial charge in [-0.1, -0.05) is 58.1 Å². The van der Waals surface area contributed by atoms with Crippen LogP contribution in [0.15, 0.2) is 77.7 Å². The van der Waals surface area contributed by atoms with E-state index in [2.05, 4.69) is 11.1 Å². The Morgan fingerprint density at radius 2 is 1.74 bits per heavy atom. The Bertz CT molecular complexity index is 690. The molecule has 0 saturated heterocycles. The second-order valence-corrected chi connectivity index (χ2v) is 5.33. The van der Waals surface area contributed by atoms with E-state index in [1.165, 1.54) is 0 Å². The van der Waals surface area contributed by atoms with Crippen molar-refractivity contribution in [3.8, 4) is 0 Å². The van der Waals surface area contributed by atoms with Gasteiger partial charge in [-0.25, -0.2) is 0 Å². The molecule has 0 fully saturated rings. The van der Waals surface area contributed by atoms with Crippen molar-refractivity contribution in [1.29, 1.82) is 0 Å². The van der Waals surface area contributed by atoms with Crippen LogP contribution in [0.1, 0.15) is 64.7 Å². The van der Waals surface area contributed by atoms with E-state index < -0.39 is 0 Å². The molecular formula is C24H35N2O+. The molecule has 146 valence electrons. The number of rotatable bonds is 6. The Morgan fingerprint density at radius 1 is 1.07 bits per heavy atom. The third kappa shape index (κ3) is 9.09. The van der Waals surface area contributed by atoms with E-state index in [4.69, 9.17) is 0 Å². The lowest BCUT2D eigenvalue weighted by Crippen LogP contribution is -2.36. The maximum Gasteiger partial charge on any atom is 0.193 e. The van der Waals surface area contributed by atoms with Crippen LogP contribution in [0.4, 0.5) is 0 Å². The minimum absolute atomic E-state index is 0.0874. The highest BCUT2D eigenvalue weighted by Crippen LogP contribution is 2.14. The summed E-state index contributed by atoms with van der Waals surface area (Å²) in [6.45, 7) is 12.6. The molecule has 1 aliphatic rings. The average Bonchev–Trinajstić information content (AvgIpc) is 2.75. The van der Waals surface area contributed by atoms with Crippen LogP contribution < -0.4 is 4.57 Å². The quantitative estimate of drug-likeness (QED) is 0.343. The van der Waals surface area contributed by atoms with E-state index in [1.807, 2.05) is 101 Å². The van der Waals surface area contributed by atoms with Crippen LogP contribution in [0.25, 0.3) is 0 Å². The van der Waals surface area contributed by atoms with Crippen LogP contribution in [-0.2, 0) is 6.54 Å². The second-order valence-electron chi connectivity index (χ2n) is 5.33. The van der Waals surface area contributed by atoms with Gasteiger partial charge in [0.2, 0.25) is 0 Å². The number of nitrogens with zero attached hydrogens (tertiary/aromatic N) is 2. The summed E-state index contributed by atoms with van der Waals surface area (Å²) < 4.78 is 2.02. The smallest absolute Gasteiger partial charge is 0.193 e. The van der Waals surface area contributed by atoms with Gasteiger partial charge in [0.15, 0.2) is 24.7 Å². The van der Waals surface area contributed by atoms with Gasteiger partial charge in [-0.3, -0.25) is 9.79 Å². The molecule has 0 aliphatic heterocycles. The zero-order valence-corrected chi connectivity index (χ0v) is 17.8. The van der Waals surface area contributed by atoms with Crippen molar-refractivity contribution in [1.82, 2.24) is 0 Å². The maximum atomic E-state index is 12.4. The van der Waals surface area contributed by atoms with Crippen molar-refractivity contribution < 1.29 is 9.36 Å². The number of ketones is 1. The number of hydrogen-bond acceptors (Lipinski definition) is 2. The molecule has 2 rings (SSSR count). The second kappa shape index (κ2) is 15.7. The Labute approximate surface area is 165 Å². The van der Waals surface area contributed by atoms with E-state index in [9.17, 15) is 4.79 Å². The Morgan fingerprint density at radius 3 is 2.26 bits per heavy atom. The van der Waals surface area contributed by atoms with Crippen LogP contribution in [0, 0.1) is 0 Å². The number of allylic oxidation sites excluding steroid dienone is 7. The number of Topliss-reactive ketones (excluding diaryl/α,β-unsaturated/α-hetero) is 1. The summed E-state index contributed by atoms with van der Waals surface area (Å²) in [5, 5.41) is 0.